The van der Waals surface area contributed by atoms with E-state index < -0.39 is 0 Å². The van der Waals surface area contributed by atoms with Gasteiger partial charge in [-0.3, -0.25) is 4.90 Å². The van der Waals surface area contributed by atoms with Gasteiger partial charge >= 0.3 is 0 Å². The topological polar surface area (TPSA) is 54.0 Å². The van der Waals surface area contributed by atoms with Gasteiger partial charge in [0, 0.05) is 45.0 Å². The van der Waals surface area contributed by atoms with Crippen molar-refractivity contribution in [2.24, 2.45) is 0 Å². The van der Waals surface area contributed by atoms with E-state index in [1.807, 2.05) is 0 Å². The molecule has 0 aliphatic carbocycles. The quantitative estimate of drug-likeness (QED) is 0.785. The first-order chi connectivity index (χ1) is 10.3. The van der Waals surface area contributed by atoms with Crippen LogP contribution in [0.25, 0.3) is 0 Å². The SMILES string of the molecule is OCCN(CC1CCCN1)C1CCOC2(CCOCC2)C1. The lowest BCUT2D eigenvalue weighted by Crippen LogP contribution is -2.53. The Morgan fingerprint density at radius 3 is 2.76 bits per heavy atom. The van der Waals surface area contributed by atoms with Crippen LogP contribution < -0.4 is 5.32 Å². The average Bonchev–Trinajstić information content (AvgIpc) is 3.01. The van der Waals surface area contributed by atoms with Crippen molar-refractivity contribution < 1.29 is 14.6 Å². The molecule has 21 heavy (non-hydrogen) atoms. The van der Waals surface area contributed by atoms with Gasteiger partial charge in [-0.05, 0) is 45.1 Å². The fraction of sp³-hybridized carbons (Fsp3) is 1.00. The van der Waals surface area contributed by atoms with Crippen LogP contribution in [0.2, 0.25) is 0 Å². The first-order valence-electron chi connectivity index (χ1n) is 8.61. The van der Waals surface area contributed by atoms with Crippen LogP contribution in [0.5, 0.6) is 0 Å². The van der Waals surface area contributed by atoms with Gasteiger partial charge in [-0.25, -0.2) is 0 Å². The average molecular weight is 298 g/mol. The summed E-state index contributed by atoms with van der Waals surface area (Å²) in [6.45, 7) is 5.76. The molecule has 3 rings (SSSR count). The molecule has 0 bridgehead atoms. The fourth-order valence-electron chi connectivity index (χ4n) is 4.15. The van der Waals surface area contributed by atoms with Crippen molar-refractivity contribution in [3.63, 3.8) is 0 Å². The van der Waals surface area contributed by atoms with Crippen LogP contribution in [-0.4, -0.2) is 73.8 Å². The zero-order valence-corrected chi connectivity index (χ0v) is 13.1. The van der Waals surface area contributed by atoms with Crippen molar-refractivity contribution in [3.8, 4) is 0 Å². The van der Waals surface area contributed by atoms with E-state index >= 15 is 0 Å². The Bertz CT molecular complexity index is 309. The molecule has 0 aromatic rings. The summed E-state index contributed by atoms with van der Waals surface area (Å²) < 4.78 is 11.7. The van der Waals surface area contributed by atoms with Crippen LogP contribution in [-0.2, 0) is 9.47 Å². The van der Waals surface area contributed by atoms with E-state index in [-0.39, 0.29) is 12.2 Å². The maximum Gasteiger partial charge on any atom is 0.0741 e. The molecular formula is C16H30N2O3. The second-order valence-corrected chi connectivity index (χ2v) is 6.80. The Balaban J connectivity index is 1.60. The number of hydrogen-bond acceptors (Lipinski definition) is 5. The van der Waals surface area contributed by atoms with E-state index in [0.29, 0.717) is 12.1 Å². The summed E-state index contributed by atoms with van der Waals surface area (Å²) >= 11 is 0. The highest BCUT2D eigenvalue weighted by Crippen LogP contribution is 2.36. The number of nitrogens with zero attached hydrogens (tertiary/aromatic N) is 1. The molecule has 0 aromatic heterocycles. The summed E-state index contributed by atoms with van der Waals surface area (Å²) in [6.07, 6.45) is 6.80. The van der Waals surface area contributed by atoms with E-state index in [4.69, 9.17) is 9.47 Å². The van der Waals surface area contributed by atoms with Crippen LogP contribution >= 0.6 is 0 Å². The third kappa shape index (κ3) is 3.96. The third-order valence-corrected chi connectivity index (χ3v) is 5.39. The van der Waals surface area contributed by atoms with Gasteiger partial charge in [0.1, 0.15) is 0 Å². The van der Waals surface area contributed by atoms with Gasteiger partial charge in [-0.15, -0.1) is 0 Å². The highest BCUT2D eigenvalue weighted by molar-refractivity contribution is 4.93. The molecule has 2 unspecified atom stereocenters. The molecule has 3 aliphatic rings. The number of rotatable bonds is 5. The van der Waals surface area contributed by atoms with Crippen molar-refractivity contribution in [3.05, 3.63) is 0 Å². The van der Waals surface area contributed by atoms with Gasteiger partial charge in [0.15, 0.2) is 0 Å². The molecule has 0 aromatic carbocycles. The van der Waals surface area contributed by atoms with Crippen molar-refractivity contribution in [1.29, 1.82) is 0 Å². The first kappa shape index (κ1) is 15.7. The van der Waals surface area contributed by atoms with Crippen molar-refractivity contribution >= 4 is 0 Å². The zero-order chi connectivity index (χ0) is 14.5. The second kappa shape index (κ2) is 7.38. The van der Waals surface area contributed by atoms with E-state index in [1.54, 1.807) is 0 Å². The molecule has 1 spiro atoms. The van der Waals surface area contributed by atoms with Gasteiger partial charge in [0.05, 0.1) is 12.2 Å². The zero-order valence-electron chi connectivity index (χ0n) is 13.1. The van der Waals surface area contributed by atoms with Crippen LogP contribution in [0, 0.1) is 0 Å². The van der Waals surface area contributed by atoms with Crippen LogP contribution in [0.15, 0.2) is 0 Å². The normalized spacial score (nSPS) is 32.9. The largest absolute Gasteiger partial charge is 0.395 e. The predicted octanol–water partition coefficient (Wildman–Crippen LogP) is 0.761. The second-order valence-electron chi connectivity index (χ2n) is 6.80. The predicted molar refractivity (Wildman–Crippen MR) is 81.4 cm³/mol. The lowest BCUT2D eigenvalue weighted by atomic mass is 9.83. The minimum absolute atomic E-state index is 0.0397. The van der Waals surface area contributed by atoms with Crippen molar-refractivity contribution in [2.45, 2.75) is 56.2 Å². The van der Waals surface area contributed by atoms with E-state index in [9.17, 15) is 5.11 Å². The lowest BCUT2D eigenvalue weighted by Gasteiger charge is -2.46. The summed E-state index contributed by atoms with van der Waals surface area (Å²) in [7, 11) is 0. The summed E-state index contributed by atoms with van der Waals surface area (Å²) in [6, 6.07) is 1.15. The molecule has 5 heteroatoms. The maximum absolute atomic E-state index is 9.43. The molecule has 3 heterocycles. The highest BCUT2D eigenvalue weighted by Gasteiger charge is 2.40. The minimum Gasteiger partial charge on any atom is -0.395 e. The summed E-state index contributed by atoms with van der Waals surface area (Å²) in [4.78, 5) is 2.50. The fourth-order valence-corrected chi connectivity index (χ4v) is 4.15. The third-order valence-electron chi connectivity index (χ3n) is 5.39. The Hall–Kier alpha value is -0.200. The molecule has 3 saturated heterocycles. The Morgan fingerprint density at radius 2 is 2.05 bits per heavy atom. The van der Waals surface area contributed by atoms with Crippen LogP contribution in [0.3, 0.4) is 0 Å². The number of aliphatic hydroxyl groups is 1. The Kier molecular flexibility index (Phi) is 5.51. The van der Waals surface area contributed by atoms with Gasteiger partial charge in [0.2, 0.25) is 0 Å². The Morgan fingerprint density at radius 1 is 1.19 bits per heavy atom. The monoisotopic (exact) mass is 298 g/mol. The van der Waals surface area contributed by atoms with Gasteiger partial charge in [-0.2, -0.15) is 0 Å². The molecule has 0 amide bonds. The molecular weight excluding hydrogens is 268 g/mol. The van der Waals surface area contributed by atoms with Crippen molar-refractivity contribution in [2.75, 3.05) is 46.1 Å². The summed E-state index contributed by atoms with van der Waals surface area (Å²) in [5.74, 6) is 0. The first-order valence-corrected chi connectivity index (χ1v) is 8.61. The summed E-state index contributed by atoms with van der Waals surface area (Å²) in [5.41, 5.74) is 0.0397. The summed E-state index contributed by atoms with van der Waals surface area (Å²) in [5, 5.41) is 13.0. The molecule has 2 atom stereocenters. The molecule has 122 valence electrons. The highest BCUT2D eigenvalue weighted by atomic mass is 16.5. The lowest BCUT2D eigenvalue weighted by molar-refractivity contribution is -0.152. The van der Waals surface area contributed by atoms with Gasteiger partial charge in [-0.1, -0.05) is 0 Å². The van der Waals surface area contributed by atoms with Gasteiger partial charge in [0.25, 0.3) is 0 Å². The van der Waals surface area contributed by atoms with Crippen LogP contribution in [0.4, 0.5) is 0 Å². The number of ether oxygens (including phenoxy) is 2. The Labute approximate surface area is 128 Å². The maximum atomic E-state index is 9.43. The molecule has 0 radical (unpaired) electrons. The number of nitrogens with one attached hydrogen (secondary N) is 1. The molecule has 0 saturated carbocycles. The molecule has 3 fully saturated rings. The molecule has 2 N–H and O–H groups in total. The number of hydrogen-bond donors (Lipinski definition) is 2. The van der Waals surface area contributed by atoms with E-state index in [0.717, 1.165) is 65.1 Å². The molecule has 3 aliphatic heterocycles. The molecule has 5 nitrogen and oxygen atoms in total. The standard InChI is InChI=1S/C16H30N2O3/c19-8-7-18(13-14-2-1-6-17-14)15-3-9-21-16(12-15)4-10-20-11-5-16/h14-15,17,19H,1-13H2. The van der Waals surface area contributed by atoms with E-state index in [1.165, 1.54) is 12.8 Å². The number of aliphatic hydroxyl groups excluding tert-OH is 1. The van der Waals surface area contributed by atoms with Crippen LogP contribution in [0.1, 0.15) is 38.5 Å². The van der Waals surface area contributed by atoms with Crippen molar-refractivity contribution in [1.82, 2.24) is 10.2 Å². The van der Waals surface area contributed by atoms with E-state index in [2.05, 4.69) is 10.2 Å². The smallest absolute Gasteiger partial charge is 0.0741 e. The minimum atomic E-state index is 0.0397. The van der Waals surface area contributed by atoms with Gasteiger partial charge < -0.3 is 19.9 Å².